The van der Waals surface area contributed by atoms with E-state index in [1.165, 1.54) is 0 Å². The van der Waals surface area contributed by atoms with E-state index in [1.807, 2.05) is 25.8 Å². The number of rotatable bonds is 10. The summed E-state index contributed by atoms with van der Waals surface area (Å²) in [5.74, 6) is 0. The van der Waals surface area contributed by atoms with Crippen LogP contribution in [-0.2, 0) is 4.74 Å². The summed E-state index contributed by atoms with van der Waals surface area (Å²) in [6.45, 7) is 7.07. The zero-order valence-corrected chi connectivity index (χ0v) is 11.3. The summed E-state index contributed by atoms with van der Waals surface area (Å²) >= 11 is 0. The summed E-state index contributed by atoms with van der Waals surface area (Å²) < 4.78 is 39.3. The van der Waals surface area contributed by atoms with E-state index in [2.05, 4.69) is 15.4 Å². The number of halogens is 3. The van der Waals surface area contributed by atoms with Crippen molar-refractivity contribution in [3.8, 4) is 0 Å². The van der Waals surface area contributed by atoms with Crippen LogP contribution in [0.2, 0.25) is 0 Å². The molecule has 0 amide bonds. The topological polar surface area (TPSA) is 36.5 Å². The molecule has 0 aliphatic rings. The maximum Gasteiger partial charge on any atom is 0.522 e. The van der Waals surface area contributed by atoms with Gasteiger partial charge in [0.15, 0.2) is 0 Å². The SMILES string of the molecule is CNCCNCCN(CCOC(F)(F)F)C(C)C. The van der Waals surface area contributed by atoms with Crippen LogP contribution >= 0.6 is 0 Å². The molecule has 0 bridgehead atoms. The van der Waals surface area contributed by atoms with Crippen LogP contribution in [0.5, 0.6) is 0 Å². The predicted octanol–water partition coefficient (Wildman–Crippen LogP) is 1.04. The van der Waals surface area contributed by atoms with Gasteiger partial charge in [0.2, 0.25) is 0 Å². The van der Waals surface area contributed by atoms with Gasteiger partial charge < -0.3 is 10.6 Å². The standard InChI is InChI=1S/C11H24F3N3O/c1-10(2)17(7-6-16-5-4-15-3)8-9-18-11(12,13)14/h10,15-16H,4-9H2,1-3H3. The van der Waals surface area contributed by atoms with Crippen molar-refractivity contribution in [3.63, 3.8) is 0 Å². The first-order valence-electron chi connectivity index (χ1n) is 6.17. The lowest BCUT2D eigenvalue weighted by Crippen LogP contribution is -2.40. The van der Waals surface area contributed by atoms with E-state index in [0.717, 1.165) is 19.6 Å². The van der Waals surface area contributed by atoms with Crippen molar-refractivity contribution in [2.75, 3.05) is 46.4 Å². The predicted molar refractivity (Wildman–Crippen MR) is 65.5 cm³/mol. The Bertz CT molecular complexity index is 200. The highest BCUT2D eigenvalue weighted by molar-refractivity contribution is 4.64. The second-order valence-electron chi connectivity index (χ2n) is 4.28. The third-order valence-corrected chi connectivity index (χ3v) is 2.50. The Morgan fingerprint density at radius 2 is 1.78 bits per heavy atom. The molecule has 0 fully saturated rings. The Morgan fingerprint density at radius 3 is 2.28 bits per heavy atom. The smallest absolute Gasteiger partial charge is 0.318 e. The molecule has 0 aliphatic heterocycles. The molecule has 110 valence electrons. The maximum atomic E-state index is 11.8. The Kier molecular flexibility index (Phi) is 9.35. The Morgan fingerprint density at radius 1 is 1.11 bits per heavy atom. The molecule has 0 rings (SSSR count). The average Bonchev–Trinajstić information content (AvgIpc) is 2.24. The number of ether oxygens (including phenoxy) is 1. The number of nitrogens with one attached hydrogen (secondary N) is 2. The molecule has 0 spiro atoms. The summed E-state index contributed by atoms with van der Waals surface area (Å²) in [5, 5.41) is 6.22. The summed E-state index contributed by atoms with van der Waals surface area (Å²) in [5.41, 5.74) is 0. The van der Waals surface area contributed by atoms with Crippen LogP contribution in [0, 0.1) is 0 Å². The van der Waals surface area contributed by atoms with Crippen molar-refractivity contribution in [1.29, 1.82) is 0 Å². The highest BCUT2D eigenvalue weighted by Crippen LogP contribution is 2.15. The molecule has 18 heavy (non-hydrogen) atoms. The third kappa shape index (κ3) is 10.8. The van der Waals surface area contributed by atoms with Gasteiger partial charge in [-0.1, -0.05) is 0 Å². The zero-order valence-electron chi connectivity index (χ0n) is 11.3. The molecule has 0 aromatic rings. The van der Waals surface area contributed by atoms with Gasteiger partial charge in [0.05, 0.1) is 6.61 Å². The molecule has 0 atom stereocenters. The van der Waals surface area contributed by atoms with E-state index in [0.29, 0.717) is 6.54 Å². The first kappa shape index (κ1) is 17.6. The Balaban J connectivity index is 3.72. The fourth-order valence-corrected chi connectivity index (χ4v) is 1.47. The minimum atomic E-state index is -4.53. The fraction of sp³-hybridized carbons (Fsp3) is 1.00. The first-order valence-corrected chi connectivity index (χ1v) is 6.17. The van der Waals surface area contributed by atoms with E-state index < -0.39 is 6.36 Å². The average molecular weight is 271 g/mol. The third-order valence-electron chi connectivity index (χ3n) is 2.50. The van der Waals surface area contributed by atoms with Crippen molar-refractivity contribution < 1.29 is 17.9 Å². The monoisotopic (exact) mass is 271 g/mol. The normalized spacial score (nSPS) is 12.7. The number of likely N-dealkylation sites (N-methyl/N-ethyl adjacent to an activating group) is 1. The molecule has 0 radical (unpaired) electrons. The van der Waals surface area contributed by atoms with Gasteiger partial charge in [0.25, 0.3) is 0 Å². The molecule has 0 unspecified atom stereocenters. The molecule has 0 aromatic heterocycles. The van der Waals surface area contributed by atoms with Crippen molar-refractivity contribution in [2.24, 2.45) is 0 Å². The van der Waals surface area contributed by atoms with Gasteiger partial charge in [-0.2, -0.15) is 0 Å². The van der Waals surface area contributed by atoms with Gasteiger partial charge in [-0.05, 0) is 20.9 Å². The van der Waals surface area contributed by atoms with Gasteiger partial charge in [-0.15, -0.1) is 13.2 Å². The van der Waals surface area contributed by atoms with Crippen LogP contribution in [0.3, 0.4) is 0 Å². The quantitative estimate of drug-likeness (QED) is 0.582. The number of hydrogen-bond donors (Lipinski definition) is 2. The molecule has 0 saturated heterocycles. The summed E-state index contributed by atoms with van der Waals surface area (Å²) in [4.78, 5) is 1.96. The van der Waals surface area contributed by atoms with Crippen molar-refractivity contribution in [3.05, 3.63) is 0 Å². The van der Waals surface area contributed by atoms with Crippen LogP contribution in [0.25, 0.3) is 0 Å². The largest absolute Gasteiger partial charge is 0.522 e. The van der Waals surface area contributed by atoms with Crippen LogP contribution in [0.15, 0.2) is 0 Å². The van der Waals surface area contributed by atoms with Crippen LogP contribution in [0.4, 0.5) is 13.2 Å². The molecule has 4 nitrogen and oxygen atoms in total. The van der Waals surface area contributed by atoms with Gasteiger partial charge in [-0.25, -0.2) is 0 Å². The first-order chi connectivity index (χ1) is 8.37. The van der Waals surface area contributed by atoms with E-state index >= 15 is 0 Å². The van der Waals surface area contributed by atoms with E-state index in [9.17, 15) is 13.2 Å². The van der Waals surface area contributed by atoms with E-state index in [-0.39, 0.29) is 19.2 Å². The highest BCUT2D eigenvalue weighted by Gasteiger charge is 2.29. The summed E-state index contributed by atoms with van der Waals surface area (Å²) in [6.07, 6.45) is -4.53. The van der Waals surface area contributed by atoms with Gasteiger partial charge >= 0.3 is 6.36 Å². The van der Waals surface area contributed by atoms with E-state index in [4.69, 9.17) is 0 Å². The van der Waals surface area contributed by atoms with Gasteiger partial charge in [0, 0.05) is 38.8 Å². The second kappa shape index (κ2) is 9.55. The maximum absolute atomic E-state index is 11.8. The molecule has 0 saturated carbocycles. The molecule has 7 heteroatoms. The molecular formula is C11H24F3N3O. The molecule has 0 heterocycles. The summed E-state index contributed by atoms with van der Waals surface area (Å²) in [7, 11) is 1.87. The number of hydrogen-bond acceptors (Lipinski definition) is 4. The second-order valence-corrected chi connectivity index (χ2v) is 4.28. The lowest BCUT2D eigenvalue weighted by molar-refractivity contribution is -0.325. The van der Waals surface area contributed by atoms with Crippen molar-refractivity contribution >= 4 is 0 Å². The minimum absolute atomic E-state index is 0.202. The van der Waals surface area contributed by atoms with E-state index in [1.54, 1.807) is 0 Å². The number of alkyl halides is 3. The van der Waals surface area contributed by atoms with Crippen LogP contribution < -0.4 is 10.6 Å². The molecule has 0 aliphatic carbocycles. The van der Waals surface area contributed by atoms with Gasteiger partial charge in [0.1, 0.15) is 0 Å². The molecule has 2 N–H and O–H groups in total. The lowest BCUT2D eigenvalue weighted by atomic mass is 10.3. The molecular weight excluding hydrogens is 247 g/mol. The van der Waals surface area contributed by atoms with Crippen LogP contribution in [-0.4, -0.2) is 63.7 Å². The Hall–Kier alpha value is -0.370. The molecule has 0 aromatic carbocycles. The zero-order chi connectivity index (χ0) is 14.0. The van der Waals surface area contributed by atoms with Gasteiger partial charge in [-0.3, -0.25) is 9.64 Å². The lowest BCUT2D eigenvalue weighted by Gasteiger charge is -2.26. The highest BCUT2D eigenvalue weighted by atomic mass is 19.4. The Labute approximate surface area is 107 Å². The summed E-state index contributed by atoms with van der Waals surface area (Å²) in [6, 6.07) is 0.202. The van der Waals surface area contributed by atoms with Crippen LogP contribution in [0.1, 0.15) is 13.8 Å². The van der Waals surface area contributed by atoms with Crippen molar-refractivity contribution in [2.45, 2.75) is 26.3 Å². The number of nitrogens with zero attached hydrogens (tertiary/aromatic N) is 1. The minimum Gasteiger partial charge on any atom is -0.318 e. The van der Waals surface area contributed by atoms with Crippen molar-refractivity contribution in [1.82, 2.24) is 15.5 Å². The fourth-order valence-electron chi connectivity index (χ4n) is 1.47.